The van der Waals surface area contributed by atoms with Gasteiger partial charge >= 0.3 is 0 Å². The van der Waals surface area contributed by atoms with E-state index in [0.717, 1.165) is 42.3 Å². The van der Waals surface area contributed by atoms with Gasteiger partial charge in [0.15, 0.2) is 15.6 Å². The van der Waals surface area contributed by atoms with E-state index in [4.69, 9.17) is 10.2 Å². The van der Waals surface area contributed by atoms with Gasteiger partial charge in [-0.3, -0.25) is 4.79 Å². The van der Waals surface area contributed by atoms with Crippen molar-refractivity contribution in [2.45, 2.75) is 31.1 Å². The number of carbonyl (C=O) groups is 1. The Labute approximate surface area is 141 Å². The summed E-state index contributed by atoms with van der Waals surface area (Å²) in [6.45, 7) is 0. The number of carbonyl (C=O) groups excluding carboxylic acids is 1. The van der Waals surface area contributed by atoms with E-state index in [0.29, 0.717) is 0 Å². The highest BCUT2D eigenvalue weighted by Crippen LogP contribution is 2.31. The average molecular weight is 348 g/mol. The molecule has 2 aromatic rings. The number of benzene rings is 1. The van der Waals surface area contributed by atoms with Crippen molar-refractivity contribution in [1.82, 2.24) is 5.32 Å². The van der Waals surface area contributed by atoms with E-state index in [1.165, 1.54) is 12.1 Å². The first-order valence-electron chi connectivity index (χ1n) is 7.77. The molecule has 0 fully saturated rings. The van der Waals surface area contributed by atoms with Gasteiger partial charge in [-0.1, -0.05) is 6.07 Å². The fraction of sp³-hybridized carbons (Fsp3) is 0.353. The number of amides is 1. The molecule has 0 saturated carbocycles. The second-order valence-corrected chi connectivity index (χ2v) is 8.35. The molecule has 0 radical (unpaired) electrons. The Morgan fingerprint density at radius 2 is 2.12 bits per heavy atom. The molecule has 1 aliphatic rings. The van der Waals surface area contributed by atoms with Gasteiger partial charge in [-0.05, 0) is 54.7 Å². The van der Waals surface area contributed by atoms with Crippen LogP contribution in [0.5, 0.6) is 0 Å². The van der Waals surface area contributed by atoms with Crippen molar-refractivity contribution in [3.8, 4) is 0 Å². The summed E-state index contributed by atoms with van der Waals surface area (Å²) in [6, 6.07) is 8.66. The number of sulfone groups is 1. The van der Waals surface area contributed by atoms with Crippen LogP contribution in [0.4, 0.5) is 5.69 Å². The number of aryl methyl sites for hydroxylation is 1. The molecule has 1 aromatic heterocycles. The number of anilines is 1. The first-order valence-corrected chi connectivity index (χ1v) is 9.83. The normalized spacial score (nSPS) is 17.3. The Bertz CT molecular complexity index is 870. The Balaban J connectivity index is 1.74. The van der Waals surface area contributed by atoms with E-state index < -0.39 is 9.84 Å². The Hall–Kier alpha value is -2.28. The zero-order valence-electron chi connectivity index (χ0n) is 13.4. The minimum absolute atomic E-state index is 0.0923. The maximum atomic E-state index is 12.4. The molecule has 0 bridgehead atoms. The highest BCUT2D eigenvalue weighted by molar-refractivity contribution is 7.89. The van der Waals surface area contributed by atoms with Crippen molar-refractivity contribution in [3.63, 3.8) is 0 Å². The molecule has 1 amide bonds. The molecule has 0 spiro atoms. The Morgan fingerprint density at radius 1 is 1.33 bits per heavy atom. The molecule has 24 heavy (non-hydrogen) atoms. The maximum absolute atomic E-state index is 12.4. The molecule has 128 valence electrons. The van der Waals surface area contributed by atoms with Crippen LogP contribution in [0.3, 0.4) is 0 Å². The van der Waals surface area contributed by atoms with Gasteiger partial charge in [-0.15, -0.1) is 0 Å². The fourth-order valence-electron chi connectivity index (χ4n) is 3.05. The molecule has 0 saturated heterocycles. The summed E-state index contributed by atoms with van der Waals surface area (Å²) in [5, 5.41) is 2.96. The summed E-state index contributed by atoms with van der Waals surface area (Å²) in [5.74, 6) is -0.175. The van der Waals surface area contributed by atoms with E-state index >= 15 is 0 Å². The van der Waals surface area contributed by atoms with E-state index in [1.54, 1.807) is 0 Å². The second kappa shape index (κ2) is 6.32. The lowest BCUT2D eigenvalue weighted by atomic mass is 9.87. The number of hydrogen-bond acceptors (Lipinski definition) is 5. The van der Waals surface area contributed by atoms with Crippen molar-refractivity contribution < 1.29 is 17.6 Å². The zero-order chi connectivity index (χ0) is 17.3. The molecule has 1 heterocycles. The molecule has 1 atom stereocenters. The van der Waals surface area contributed by atoms with Crippen molar-refractivity contribution >= 4 is 21.4 Å². The topological polar surface area (TPSA) is 102 Å². The molecule has 1 aromatic carbocycles. The van der Waals surface area contributed by atoms with Crippen LogP contribution in [-0.4, -0.2) is 20.6 Å². The van der Waals surface area contributed by atoms with Crippen LogP contribution >= 0.6 is 0 Å². The van der Waals surface area contributed by atoms with Crippen LogP contribution in [0.15, 0.2) is 34.7 Å². The first-order chi connectivity index (χ1) is 11.3. The summed E-state index contributed by atoms with van der Waals surface area (Å²) in [7, 11) is -3.20. The lowest BCUT2D eigenvalue weighted by molar-refractivity contribution is 0.0903. The number of furan rings is 1. The minimum atomic E-state index is -3.20. The smallest absolute Gasteiger partial charge is 0.287 e. The van der Waals surface area contributed by atoms with E-state index in [-0.39, 0.29) is 29.2 Å². The highest BCUT2D eigenvalue weighted by atomic mass is 32.2. The minimum Gasteiger partial charge on any atom is -0.455 e. The predicted octanol–water partition coefficient (Wildman–Crippen LogP) is 2.21. The summed E-state index contributed by atoms with van der Waals surface area (Å²) in [5.41, 5.74) is 8.77. The maximum Gasteiger partial charge on any atom is 0.287 e. The first kappa shape index (κ1) is 16.6. The van der Waals surface area contributed by atoms with Gasteiger partial charge in [-0.2, -0.15) is 0 Å². The molecular weight excluding hydrogens is 328 g/mol. The van der Waals surface area contributed by atoms with Crippen molar-refractivity contribution in [1.29, 1.82) is 0 Å². The molecule has 0 aliphatic heterocycles. The zero-order valence-corrected chi connectivity index (χ0v) is 14.2. The van der Waals surface area contributed by atoms with Crippen LogP contribution in [0.1, 0.15) is 46.3 Å². The molecule has 1 unspecified atom stereocenters. The van der Waals surface area contributed by atoms with Crippen LogP contribution in [0, 0.1) is 0 Å². The molecule has 6 nitrogen and oxygen atoms in total. The summed E-state index contributed by atoms with van der Waals surface area (Å²) < 4.78 is 27.9. The molecule has 7 heteroatoms. The number of rotatable bonds is 4. The van der Waals surface area contributed by atoms with E-state index in [1.807, 2.05) is 18.2 Å². The third kappa shape index (κ3) is 3.79. The summed E-state index contributed by atoms with van der Waals surface area (Å²) in [4.78, 5) is 12.4. The average Bonchev–Trinajstić information content (AvgIpc) is 2.93. The highest BCUT2D eigenvalue weighted by Gasteiger charge is 2.23. The molecule has 3 N–H and O–H groups in total. The van der Waals surface area contributed by atoms with Crippen LogP contribution in [0.2, 0.25) is 0 Å². The standard InChI is InChI=1S/C17H20N2O4S/c1-24(21,22)10-13-6-8-16(23-13)17(20)19-15-4-2-3-11-9-12(18)5-7-14(11)15/h5-9,15H,2-4,10,18H2,1H3,(H,19,20). The lowest BCUT2D eigenvalue weighted by Crippen LogP contribution is -2.30. The monoisotopic (exact) mass is 348 g/mol. The second-order valence-electron chi connectivity index (χ2n) is 6.21. The quantitative estimate of drug-likeness (QED) is 0.825. The summed E-state index contributed by atoms with van der Waals surface area (Å²) >= 11 is 0. The summed E-state index contributed by atoms with van der Waals surface area (Å²) in [6.07, 6.45) is 3.89. The Kier molecular flexibility index (Phi) is 4.36. The van der Waals surface area contributed by atoms with Gasteiger partial charge < -0.3 is 15.5 Å². The van der Waals surface area contributed by atoms with Crippen molar-refractivity contribution in [3.05, 3.63) is 53.0 Å². The molecule has 1 aliphatic carbocycles. The van der Waals surface area contributed by atoms with Crippen molar-refractivity contribution in [2.75, 3.05) is 12.0 Å². The van der Waals surface area contributed by atoms with Crippen molar-refractivity contribution in [2.24, 2.45) is 0 Å². The third-order valence-electron chi connectivity index (χ3n) is 4.08. The number of nitrogen functional groups attached to an aromatic ring is 1. The van der Waals surface area contributed by atoms with E-state index in [9.17, 15) is 13.2 Å². The SMILES string of the molecule is CS(=O)(=O)Cc1ccc(C(=O)NC2CCCc3cc(N)ccc32)o1. The van der Waals surface area contributed by atoms with Crippen LogP contribution in [-0.2, 0) is 22.0 Å². The Morgan fingerprint density at radius 3 is 2.88 bits per heavy atom. The van der Waals surface area contributed by atoms with Crippen LogP contribution in [0.25, 0.3) is 0 Å². The number of fused-ring (bicyclic) bond motifs is 1. The number of hydrogen-bond donors (Lipinski definition) is 2. The number of nitrogens with one attached hydrogen (secondary N) is 1. The van der Waals surface area contributed by atoms with Crippen LogP contribution < -0.4 is 11.1 Å². The van der Waals surface area contributed by atoms with Gasteiger partial charge in [0.25, 0.3) is 5.91 Å². The fourth-order valence-corrected chi connectivity index (χ4v) is 3.72. The van der Waals surface area contributed by atoms with Gasteiger partial charge in [0.05, 0.1) is 6.04 Å². The molecule has 3 rings (SSSR count). The van der Waals surface area contributed by atoms with Gasteiger partial charge in [0, 0.05) is 11.9 Å². The molecular formula is C17H20N2O4S. The van der Waals surface area contributed by atoms with Gasteiger partial charge in [0.2, 0.25) is 0 Å². The predicted molar refractivity (Wildman–Crippen MR) is 91.3 cm³/mol. The third-order valence-corrected chi connectivity index (χ3v) is 4.89. The largest absolute Gasteiger partial charge is 0.455 e. The van der Waals surface area contributed by atoms with E-state index in [2.05, 4.69) is 5.32 Å². The number of nitrogens with two attached hydrogens (primary N) is 1. The van der Waals surface area contributed by atoms with Gasteiger partial charge in [0.1, 0.15) is 11.5 Å². The lowest BCUT2D eigenvalue weighted by Gasteiger charge is -2.26. The van der Waals surface area contributed by atoms with Gasteiger partial charge in [-0.25, -0.2) is 8.42 Å².